The van der Waals surface area contributed by atoms with Crippen molar-refractivity contribution in [1.29, 1.82) is 5.26 Å². The Balaban J connectivity index is 1.49. The zero-order valence-electron chi connectivity index (χ0n) is 27.8. The average Bonchev–Trinajstić information content (AvgIpc) is 3.59. The SMILES string of the molecule is C=C(/C=C\C(OC)=C(/C)C#N)C1CCC(CN(C(=O)C2CCC(OC(=O)NC)CC2)c2cc(-c3coc(C(C)C)n3)ccn2)CC1. The minimum atomic E-state index is -0.437. The van der Waals surface area contributed by atoms with Crippen molar-refractivity contribution in [2.75, 3.05) is 25.6 Å². The van der Waals surface area contributed by atoms with Gasteiger partial charge in [0, 0.05) is 37.2 Å². The molecule has 0 saturated heterocycles. The van der Waals surface area contributed by atoms with Gasteiger partial charge in [0.15, 0.2) is 5.89 Å². The smallest absolute Gasteiger partial charge is 0.407 e. The van der Waals surface area contributed by atoms with E-state index in [1.165, 1.54) is 0 Å². The van der Waals surface area contributed by atoms with E-state index >= 15 is 0 Å². The number of nitrogens with one attached hydrogen (secondary N) is 1. The van der Waals surface area contributed by atoms with Crippen molar-refractivity contribution in [1.82, 2.24) is 15.3 Å². The Morgan fingerprint density at radius 2 is 1.85 bits per heavy atom. The molecule has 4 rings (SSSR count). The second-order valence-corrected chi connectivity index (χ2v) is 12.6. The van der Waals surface area contributed by atoms with Crippen molar-refractivity contribution in [2.45, 2.75) is 84.2 Å². The van der Waals surface area contributed by atoms with Crippen LogP contribution in [0, 0.1) is 29.1 Å². The van der Waals surface area contributed by atoms with Crippen LogP contribution in [-0.2, 0) is 14.3 Å². The van der Waals surface area contributed by atoms with Crippen LogP contribution >= 0.6 is 0 Å². The van der Waals surface area contributed by atoms with E-state index in [2.05, 4.69) is 27.9 Å². The minimum absolute atomic E-state index is 0.0623. The number of pyridine rings is 1. The van der Waals surface area contributed by atoms with Crippen molar-refractivity contribution in [3.8, 4) is 17.3 Å². The summed E-state index contributed by atoms with van der Waals surface area (Å²) in [6.07, 6.45) is 13.0. The number of hydrogen-bond donors (Lipinski definition) is 1. The van der Waals surface area contributed by atoms with Crippen molar-refractivity contribution in [2.24, 2.45) is 17.8 Å². The Bertz CT molecular complexity index is 1470. The Morgan fingerprint density at radius 3 is 2.46 bits per heavy atom. The van der Waals surface area contributed by atoms with Crippen LogP contribution in [-0.4, -0.2) is 48.8 Å². The highest BCUT2D eigenvalue weighted by Gasteiger charge is 2.34. The zero-order valence-corrected chi connectivity index (χ0v) is 27.8. The van der Waals surface area contributed by atoms with Gasteiger partial charge in [-0.05, 0) is 88.3 Å². The first-order chi connectivity index (χ1) is 22.1. The summed E-state index contributed by atoms with van der Waals surface area (Å²) >= 11 is 0. The molecule has 0 aromatic carbocycles. The molecule has 2 fully saturated rings. The van der Waals surface area contributed by atoms with Gasteiger partial charge in [-0.3, -0.25) is 9.69 Å². The number of methoxy groups -OCH3 is 1. The Hall–Kier alpha value is -4.39. The monoisotopic (exact) mass is 629 g/mol. The van der Waals surface area contributed by atoms with E-state index in [0.717, 1.165) is 42.5 Å². The summed E-state index contributed by atoms with van der Waals surface area (Å²) in [6, 6.07) is 5.95. The van der Waals surface area contributed by atoms with Crippen molar-refractivity contribution < 1.29 is 23.5 Å². The number of carbonyl (C=O) groups is 2. The highest BCUT2D eigenvalue weighted by Crippen LogP contribution is 2.36. The molecule has 0 bridgehead atoms. The van der Waals surface area contributed by atoms with Gasteiger partial charge < -0.3 is 19.2 Å². The van der Waals surface area contributed by atoms with Gasteiger partial charge in [-0.25, -0.2) is 14.8 Å². The van der Waals surface area contributed by atoms with Crippen molar-refractivity contribution in [3.05, 3.63) is 66.1 Å². The lowest BCUT2D eigenvalue weighted by atomic mass is 9.78. The number of nitriles is 1. The molecule has 46 heavy (non-hydrogen) atoms. The number of oxazole rings is 1. The van der Waals surface area contributed by atoms with Crippen LogP contribution < -0.4 is 10.2 Å². The second-order valence-electron chi connectivity index (χ2n) is 12.6. The summed E-state index contributed by atoms with van der Waals surface area (Å²) in [5.74, 6) is 2.52. The fourth-order valence-electron chi connectivity index (χ4n) is 6.26. The van der Waals surface area contributed by atoms with E-state index in [0.29, 0.717) is 67.1 Å². The van der Waals surface area contributed by atoms with E-state index in [1.807, 2.05) is 43.0 Å². The van der Waals surface area contributed by atoms with Gasteiger partial charge in [0.05, 0.1) is 18.8 Å². The molecule has 10 heteroatoms. The molecule has 1 N–H and O–H groups in total. The molecule has 0 unspecified atom stereocenters. The molecule has 2 aromatic rings. The van der Waals surface area contributed by atoms with Gasteiger partial charge in [-0.2, -0.15) is 5.26 Å². The number of amides is 2. The maximum atomic E-state index is 14.2. The lowest BCUT2D eigenvalue weighted by Crippen LogP contribution is -2.42. The molecule has 0 spiro atoms. The van der Waals surface area contributed by atoms with E-state index in [1.54, 1.807) is 33.5 Å². The predicted molar refractivity (Wildman–Crippen MR) is 177 cm³/mol. The van der Waals surface area contributed by atoms with E-state index < -0.39 is 6.09 Å². The van der Waals surface area contributed by atoms with Gasteiger partial charge in [0.25, 0.3) is 0 Å². The fourth-order valence-corrected chi connectivity index (χ4v) is 6.26. The van der Waals surface area contributed by atoms with Crippen molar-refractivity contribution >= 4 is 17.8 Å². The molecular formula is C36H47N5O5. The lowest BCUT2D eigenvalue weighted by molar-refractivity contribution is -0.124. The third kappa shape index (κ3) is 8.87. The summed E-state index contributed by atoms with van der Waals surface area (Å²) < 4.78 is 16.5. The summed E-state index contributed by atoms with van der Waals surface area (Å²) in [5.41, 5.74) is 3.11. The molecular weight excluding hydrogens is 582 g/mol. The number of hydrogen-bond acceptors (Lipinski definition) is 8. The quantitative estimate of drug-likeness (QED) is 0.154. The Kier molecular flexibility index (Phi) is 12.2. The predicted octanol–water partition coefficient (Wildman–Crippen LogP) is 7.47. The van der Waals surface area contributed by atoms with Crippen LogP contribution in [0.5, 0.6) is 0 Å². The van der Waals surface area contributed by atoms with Crippen molar-refractivity contribution in [3.63, 3.8) is 0 Å². The molecule has 10 nitrogen and oxygen atoms in total. The molecule has 2 saturated carbocycles. The molecule has 2 aliphatic rings. The number of anilines is 1. The van der Waals surface area contributed by atoms with Crippen LogP contribution in [0.1, 0.15) is 83.9 Å². The molecule has 0 radical (unpaired) electrons. The van der Waals surface area contributed by atoms with Gasteiger partial charge in [0.2, 0.25) is 5.91 Å². The first kappa shape index (κ1) is 34.5. The lowest BCUT2D eigenvalue weighted by Gasteiger charge is -2.35. The van der Waals surface area contributed by atoms with Crippen LogP contribution in [0.4, 0.5) is 10.6 Å². The largest absolute Gasteiger partial charge is 0.496 e. The van der Waals surface area contributed by atoms with Gasteiger partial charge in [0.1, 0.15) is 29.6 Å². The second kappa shape index (κ2) is 16.3. The third-order valence-electron chi connectivity index (χ3n) is 9.12. The normalized spacial score (nSPS) is 22.1. The summed E-state index contributed by atoms with van der Waals surface area (Å²) in [6.45, 7) is 10.7. The maximum Gasteiger partial charge on any atom is 0.407 e. The number of aromatic nitrogens is 2. The summed E-state index contributed by atoms with van der Waals surface area (Å²) in [5, 5.41) is 11.7. The Labute approximate surface area is 272 Å². The van der Waals surface area contributed by atoms with Gasteiger partial charge in [-0.1, -0.05) is 32.1 Å². The van der Waals surface area contributed by atoms with Gasteiger partial charge >= 0.3 is 6.09 Å². The molecule has 2 aliphatic carbocycles. The summed E-state index contributed by atoms with van der Waals surface area (Å²) in [4.78, 5) is 37.1. The van der Waals surface area contributed by atoms with E-state index in [-0.39, 0.29) is 23.8 Å². The topological polar surface area (TPSA) is 131 Å². The zero-order chi connectivity index (χ0) is 33.2. The summed E-state index contributed by atoms with van der Waals surface area (Å²) in [7, 11) is 3.11. The molecule has 246 valence electrons. The molecule has 0 atom stereocenters. The first-order valence-electron chi connectivity index (χ1n) is 16.3. The van der Waals surface area contributed by atoms with Crippen LogP contribution in [0.25, 0.3) is 11.3 Å². The number of rotatable bonds is 11. The highest BCUT2D eigenvalue weighted by atomic mass is 16.6. The maximum absolute atomic E-state index is 14.2. The minimum Gasteiger partial charge on any atom is -0.496 e. The highest BCUT2D eigenvalue weighted by molar-refractivity contribution is 5.94. The number of allylic oxidation sites excluding steroid dienone is 4. The standard InChI is InChI=1S/C36H47N5O5/c1-23(2)34-40-31(22-45-34)29-17-18-39-33(19-29)41(35(42)28-12-14-30(15-13-28)46-36(43)38-5)21-26-8-10-27(11-9-26)24(3)7-16-32(44-6)25(4)20-37/h7,16-19,22-23,26-28,30H,3,8-15,21H2,1-2,4-6H3,(H,38,43)/b16-7-,32-25-. The van der Waals surface area contributed by atoms with Crippen LogP contribution in [0.15, 0.2) is 64.6 Å². The number of alkyl carbamates (subject to hydrolysis) is 1. The molecule has 0 aliphatic heterocycles. The molecule has 2 aromatic heterocycles. The van der Waals surface area contributed by atoms with Crippen LogP contribution in [0.3, 0.4) is 0 Å². The number of carbonyl (C=O) groups excluding carboxylic acids is 2. The number of nitrogens with zero attached hydrogens (tertiary/aromatic N) is 4. The average molecular weight is 630 g/mol. The fraction of sp³-hybridized carbons (Fsp3) is 0.528. The molecule has 2 heterocycles. The Morgan fingerprint density at radius 1 is 1.15 bits per heavy atom. The first-order valence-corrected chi connectivity index (χ1v) is 16.3. The van der Waals surface area contributed by atoms with E-state index in [4.69, 9.17) is 13.9 Å². The number of ether oxygens (including phenoxy) is 2. The third-order valence-corrected chi connectivity index (χ3v) is 9.12. The van der Waals surface area contributed by atoms with Gasteiger partial charge in [-0.15, -0.1) is 0 Å². The van der Waals surface area contributed by atoms with E-state index in [9.17, 15) is 14.9 Å². The van der Waals surface area contributed by atoms with Crippen LogP contribution in [0.2, 0.25) is 0 Å². The molecule has 2 amide bonds.